The Morgan fingerprint density at radius 3 is 1.96 bits per heavy atom. The van der Waals surface area contributed by atoms with Crippen molar-refractivity contribution < 1.29 is 52.8 Å². The van der Waals surface area contributed by atoms with Crippen molar-refractivity contribution in [2.45, 2.75) is 98.2 Å². The van der Waals surface area contributed by atoms with Crippen LogP contribution >= 0.6 is 0 Å². The van der Waals surface area contributed by atoms with Gasteiger partial charge in [0.2, 0.25) is 11.7 Å². The first kappa shape index (κ1) is 41.3. The highest BCUT2D eigenvalue weighted by atomic mass is 17.2. The number of imidazole rings is 1. The summed E-state index contributed by atoms with van der Waals surface area (Å²) in [5.74, 6) is -1.87. The number of hydroxylamine groups is 2. The van der Waals surface area contributed by atoms with Crippen molar-refractivity contribution in [3.05, 3.63) is 71.5 Å². The van der Waals surface area contributed by atoms with E-state index in [9.17, 15) is 24.0 Å². The van der Waals surface area contributed by atoms with E-state index in [1.807, 2.05) is 6.20 Å². The van der Waals surface area contributed by atoms with E-state index in [0.717, 1.165) is 5.56 Å². The van der Waals surface area contributed by atoms with Gasteiger partial charge in [0, 0.05) is 26.3 Å². The zero-order valence-electron chi connectivity index (χ0n) is 32.4. The van der Waals surface area contributed by atoms with Gasteiger partial charge in [0.25, 0.3) is 11.8 Å². The molecule has 1 N–H and O–H groups in total. The summed E-state index contributed by atoms with van der Waals surface area (Å²) in [4.78, 5) is 83.5. The molecule has 1 aromatic heterocycles. The lowest BCUT2D eigenvalue weighted by atomic mass is 10.1. The second-order valence-electron chi connectivity index (χ2n) is 15.4. The third-order valence-corrected chi connectivity index (χ3v) is 7.20. The van der Waals surface area contributed by atoms with Crippen LogP contribution in [-0.2, 0) is 42.5 Å². The van der Waals surface area contributed by atoms with Gasteiger partial charge in [-0.25, -0.2) is 19.2 Å². The molecule has 0 spiro atoms. The van der Waals surface area contributed by atoms with Gasteiger partial charge in [-0.05, 0) is 111 Å². The molecular weight excluding hydrogens is 702 g/mol. The smallest absolute Gasteiger partial charge is 0.438 e. The molecule has 54 heavy (non-hydrogen) atoms. The zero-order chi connectivity index (χ0) is 40.0. The Morgan fingerprint density at radius 2 is 1.41 bits per heavy atom. The number of amides is 4. The molecule has 16 nitrogen and oxygen atoms in total. The maximum atomic E-state index is 13.2. The molecule has 0 saturated carbocycles. The van der Waals surface area contributed by atoms with E-state index in [0.29, 0.717) is 35.1 Å². The van der Waals surface area contributed by atoms with Gasteiger partial charge < -0.3 is 28.7 Å². The minimum atomic E-state index is -1.46. The normalized spacial score (nSPS) is 14.1. The molecule has 4 rings (SSSR count). The standard InChI is InChI=1S/C38H49N5O11/c1-36(2,3)50-32(46)29(52-43-30(44)26-14-11-12-15-27(26)31(43)45)23-49-25-18-16-24(17-19-25)28-22-42(21-13-20-39-34(47)53-54-38(7,8)9)33(41(28)10)40-35(48)51-37(4,5)6/h11-12,14-19,22,29H,13,20-21,23H2,1-10H3,(H,39,47)/t29-/m0/s1. The predicted molar refractivity (Wildman–Crippen MR) is 194 cm³/mol. The van der Waals surface area contributed by atoms with Crippen LogP contribution in [0.5, 0.6) is 5.75 Å². The molecule has 0 bridgehead atoms. The topological polar surface area (TPSA) is 178 Å². The number of carbonyl (C=O) groups excluding carboxylic acids is 5. The maximum absolute atomic E-state index is 13.2. The van der Waals surface area contributed by atoms with Crippen LogP contribution in [0.4, 0.5) is 9.59 Å². The van der Waals surface area contributed by atoms with Gasteiger partial charge in [-0.15, -0.1) is 10.1 Å². The first-order valence-electron chi connectivity index (χ1n) is 17.4. The molecule has 0 aliphatic carbocycles. The number of benzene rings is 2. The number of carbonyl (C=O) groups is 5. The van der Waals surface area contributed by atoms with Gasteiger partial charge in [-0.3, -0.25) is 14.5 Å². The molecule has 1 aliphatic heterocycles. The predicted octanol–water partition coefficient (Wildman–Crippen LogP) is 5.49. The van der Waals surface area contributed by atoms with Crippen molar-refractivity contribution in [1.82, 2.24) is 19.5 Å². The molecule has 2 heterocycles. The number of nitrogens with zero attached hydrogens (tertiary/aromatic N) is 4. The van der Waals surface area contributed by atoms with Gasteiger partial charge in [0.05, 0.1) is 16.8 Å². The van der Waals surface area contributed by atoms with Gasteiger partial charge in [-0.2, -0.15) is 4.89 Å². The van der Waals surface area contributed by atoms with E-state index in [1.54, 1.807) is 115 Å². The molecule has 1 aliphatic rings. The summed E-state index contributed by atoms with van der Waals surface area (Å²) in [5.41, 5.74) is -0.241. The second-order valence-corrected chi connectivity index (χ2v) is 15.4. The van der Waals surface area contributed by atoms with Crippen LogP contribution in [0.25, 0.3) is 11.3 Å². The molecular formula is C38H49N5O11. The van der Waals surface area contributed by atoms with Crippen molar-refractivity contribution >= 4 is 30.0 Å². The molecule has 292 valence electrons. The fourth-order valence-corrected chi connectivity index (χ4v) is 4.96. The van der Waals surface area contributed by atoms with E-state index < -0.39 is 52.9 Å². The Kier molecular flexibility index (Phi) is 12.8. The number of esters is 1. The number of aromatic nitrogens is 2. The van der Waals surface area contributed by atoms with E-state index in [2.05, 4.69) is 10.3 Å². The summed E-state index contributed by atoms with van der Waals surface area (Å²) in [6.45, 7) is 15.8. The highest BCUT2D eigenvalue weighted by Crippen LogP contribution is 2.26. The van der Waals surface area contributed by atoms with Gasteiger partial charge in [0.1, 0.15) is 29.2 Å². The highest BCUT2D eigenvalue weighted by molar-refractivity contribution is 6.20. The number of rotatable bonds is 12. The summed E-state index contributed by atoms with van der Waals surface area (Å²) in [6.07, 6.45) is -0.676. The summed E-state index contributed by atoms with van der Waals surface area (Å²) >= 11 is 0. The number of aryl methyl sites for hydroxylation is 1. The van der Waals surface area contributed by atoms with Crippen molar-refractivity contribution in [2.75, 3.05) is 13.2 Å². The fourth-order valence-electron chi connectivity index (χ4n) is 4.96. The second kappa shape index (κ2) is 16.7. The lowest BCUT2D eigenvalue weighted by Gasteiger charge is -2.26. The van der Waals surface area contributed by atoms with Crippen molar-refractivity contribution in [2.24, 2.45) is 12.0 Å². The van der Waals surface area contributed by atoms with Gasteiger partial charge >= 0.3 is 18.2 Å². The van der Waals surface area contributed by atoms with Crippen LogP contribution in [-0.4, -0.2) is 80.2 Å². The van der Waals surface area contributed by atoms with Crippen LogP contribution < -0.4 is 15.7 Å². The summed E-state index contributed by atoms with van der Waals surface area (Å²) in [6, 6.07) is 13.1. The molecule has 0 saturated heterocycles. The van der Waals surface area contributed by atoms with Crippen molar-refractivity contribution in [1.29, 1.82) is 0 Å². The Balaban J connectivity index is 1.51. The van der Waals surface area contributed by atoms with Crippen molar-refractivity contribution in [3.8, 4) is 17.0 Å². The van der Waals surface area contributed by atoms with E-state index >= 15 is 0 Å². The van der Waals surface area contributed by atoms with Gasteiger partial charge in [-0.1, -0.05) is 12.1 Å². The Labute approximate surface area is 313 Å². The Morgan fingerprint density at radius 1 is 0.815 bits per heavy atom. The Bertz CT molecular complexity index is 1890. The lowest BCUT2D eigenvalue weighted by Crippen LogP contribution is -2.43. The van der Waals surface area contributed by atoms with Crippen LogP contribution in [0.2, 0.25) is 0 Å². The fraction of sp³-hybridized carbons (Fsp3) is 0.474. The maximum Gasteiger partial charge on any atom is 0.438 e. The average molecular weight is 752 g/mol. The molecule has 0 unspecified atom stereocenters. The summed E-state index contributed by atoms with van der Waals surface area (Å²) in [7, 11) is 1.75. The molecule has 16 heteroatoms. The minimum Gasteiger partial charge on any atom is -0.490 e. The molecule has 2 aromatic carbocycles. The SMILES string of the molecule is Cn1c(-c2ccc(OC[C@H](ON3C(=O)c4ccccc4C3=O)C(=O)OC(C)(C)C)cc2)cn(CCCNC(=O)OOC(C)(C)C)c1=NC(=O)OC(C)(C)C. The van der Waals surface area contributed by atoms with Crippen LogP contribution in [0, 0.1) is 0 Å². The van der Waals surface area contributed by atoms with E-state index in [1.165, 1.54) is 12.1 Å². The number of fused-ring (bicyclic) bond motifs is 1. The highest BCUT2D eigenvalue weighted by Gasteiger charge is 2.40. The van der Waals surface area contributed by atoms with Crippen LogP contribution in [0.3, 0.4) is 0 Å². The zero-order valence-corrected chi connectivity index (χ0v) is 32.4. The first-order chi connectivity index (χ1) is 25.1. The molecule has 4 amide bonds. The number of hydrogen-bond acceptors (Lipinski definition) is 11. The largest absolute Gasteiger partial charge is 0.490 e. The Hall–Kier alpha value is -5.48. The average Bonchev–Trinajstić information content (AvgIpc) is 3.49. The van der Waals surface area contributed by atoms with Gasteiger partial charge in [0.15, 0.2) is 0 Å². The number of nitrogens with one attached hydrogen (secondary N) is 1. The monoisotopic (exact) mass is 751 g/mol. The van der Waals surface area contributed by atoms with E-state index in [4.69, 9.17) is 28.8 Å². The first-order valence-corrected chi connectivity index (χ1v) is 17.4. The van der Waals surface area contributed by atoms with Crippen LogP contribution in [0.15, 0.2) is 59.7 Å². The minimum absolute atomic E-state index is 0.161. The molecule has 1 atom stereocenters. The molecule has 0 radical (unpaired) electrons. The number of hydrogen-bond donors (Lipinski definition) is 1. The molecule has 3 aromatic rings. The quantitative estimate of drug-likeness (QED) is 0.0813. The summed E-state index contributed by atoms with van der Waals surface area (Å²) < 4.78 is 20.3. The lowest BCUT2D eigenvalue weighted by molar-refractivity contribution is -0.300. The van der Waals surface area contributed by atoms with Crippen molar-refractivity contribution in [3.63, 3.8) is 0 Å². The molecule has 0 fully saturated rings. The third kappa shape index (κ3) is 11.5. The third-order valence-electron chi connectivity index (χ3n) is 7.20. The van der Waals surface area contributed by atoms with E-state index in [-0.39, 0.29) is 24.3 Å². The van der Waals surface area contributed by atoms with Crippen LogP contribution in [0.1, 0.15) is 89.5 Å². The summed E-state index contributed by atoms with van der Waals surface area (Å²) in [5, 5.41) is 3.18. The number of imide groups is 1. The number of ether oxygens (including phenoxy) is 3.